The number of hydrogen-bond donors (Lipinski definition) is 3. The molecule has 0 radical (unpaired) electrons. The Morgan fingerprint density at radius 3 is 3.00 bits per heavy atom. The van der Waals surface area contributed by atoms with Gasteiger partial charge in [0.05, 0.1) is 12.5 Å². The van der Waals surface area contributed by atoms with Crippen molar-refractivity contribution in [2.45, 2.75) is 6.42 Å². The Balaban J connectivity index is 3.20. The van der Waals surface area contributed by atoms with E-state index < -0.39 is 0 Å². The summed E-state index contributed by atoms with van der Waals surface area (Å²) in [5.41, 5.74) is 5.11. The Morgan fingerprint density at radius 2 is 2.50 bits per heavy atom. The lowest BCUT2D eigenvalue weighted by Crippen LogP contribution is -2.44. The monoisotopic (exact) mass is 139 g/mol. The quantitative estimate of drug-likeness (QED) is 0.242. The minimum absolute atomic E-state index is 0.254. The zero-order valence-corrected chi connectivity index (χ0v) is 5.67. The molecule has 0 aromatic carbocycles. The largest absolute Gasteiger partial charge is 0.390 e. The van der Waals surface area contributed by atoms with Crippen LogP contribution in [0.25, 0.3) is 0 Å². The van der Waals surface area contributed by atoms with Gasteiger partial charge in [0, 0.05) is 18.8 Å². The van der Waals surface area contributed by atoms with E-state index in [4.69, 9.17) is 16.4 Å². The summed E-state index contributed by atoms with van der Waals surface area (Å²) < 4.78 is 0. The van der Waals surface area contributed by atoms with Crippen LogP contribution in [-0.2, 0) is 0 Å². The summed E-state index contributed by atoms with van der Waals surface area (Å²) in [6.45, 7) is 0.625. The van der Waals surface area contributed by atoms with E-state index in [0.717, 1.165) is 0 Å². The van der Waals surface area contributed by atoms with Crippen molar-refractivity contribution in [2.75, 3.05) is 6.54 Å². The van der Waals surface area contributed by atoms with Crippen molar-refractivity contribution < 1.29 is 5.41 Å². The van der Waals surface area contributed by atoms with Gasteiger partial charge in [0.1, 0.15) is 0 Å². The summed E-state index contributed by atoms with van der Waals surface area (Å²) in [6, 6.07) is 1.99. The number of nitrogens with zero attached hydrogens (tertiary/aromatic N) is 1. The lowest BCUT2D eigenvalue weighted by atomic mass is 10.5. The van der Waals surface area contributed by atoms with Crippen LogP contribution in [0.2, 0.25) is 0 Å². The van der Waals surface area contributed by atoms with Crippen LogP contribution in [0.5, 0.6) is 0 Å². The molecule has 0 saturated carbocycles. The smallest absolute Gasteiger partial charge is 0.264 e. The molecule has 0 saturated heterocycles. The minimum Gasteiger partial charge on any atom is -0.390 e. The first kappa shape index (κ1) is 8.50. The molecule has 0 aliphatic heterocycles. The van der Waals surface area contributed by atoms with Crippen LogP contribution in [0.4, 0.5) is 0 Å². The van der Waals surface area contributed by atoms with Gasteiger partial charge in [0.2, 0.25) is 0 Å². The van der Waals surface area contributed by atoms with Crippen LogP contribution < -0.4 is 16.5 Å². The zero-order valence-electron chi connectivity index (χ0n) is 5.67. The van der Waals surface area contributed by atoms with Crippen molar-refractivity contribution in [1.82, 2.24) is 5.32 Å². The van der Waals surface area contributed by atoms with Gasteiger partial charge < -0.3 is 5.32 Å². The van der Waals surface area contributed by atoms with Crippen LogP contribution >= 0.6 is 0 Å². The molecule has 0 heterocycles. The fourth-order valence-electron chi connectivity index (χ4n) is 0.367. The molecule has 0 aromatic heterocycles. The SMILES string of the molecule is N#CCCN/C=C\C(N)=[NH2+]. The summed E-state index contributed by atoms with van der Waals surface area (Å²) in [5.74, 6) is 0.254. The molecule has 0 aromatic rings. The van der Waals surface area contributed by atoms with Crippen molar-refractivity contribution in [3.63, 3.8) is 0 Å². The van der Waals surface area contributed by atoms with Gasteiger partial charge in [-0.3, -0.25) is 11.1 Å². The van der Waals surface area contributed by atoms with Gasteiger partial charge in [-0.15, -0.1) is 0 Å². The van der Waals surface area contributed by atoms with Gasteiger partial charge in [-0.25, -0.2) is 0 Å². The van der Waals surface area contributed by atoms with E-state index in [2.05, 4.69) is 5.32 Å². The molecule has 10 heavy (non-hydrogen) atoms. The first-order chi connectivity index (χ1) is 4.77. The van der Waals surface area contributed by atoms with Crippen molar-refractivity contribution in [3.05, 3.63) is 12.3 Å². The van der Waals surface area contributed by atoms with E-state index in [1.165, 1.54) is 6.08 Å². The maximum Gasteiger partial charge on any atom is 0.264 e. The lowest BCUT2D eigenvalue weighted by molar-refractivity contribution is -0.113. The van der Waals surface area contributed by atoms with Gasteiger partial charge in [-0.1, -0.05) is 0 Å². The summed E-state index contributed by atoms with van der Waals surface area (Å²) in [4.78, 5) is 0. The fraction of sp³-hybridized carbons (Fsp3) is 0.333. The van der Waals surface area contributed by atoms with Crippen molar-refractivity contribution in [3.8, 4) is 6.07 Å². The highest BCUT2D eigenvalue weighted by Gasteiger charge is 1.82. The number of hydrogen-bond acceptors (Lipinski definition) is 2. The Labute approximate surface area is 59.8 Å². The molecule has 0 spiro atoms. The number of rotatable bonds is 4. The minimum atomic E-state index is 0.254. The van der Waals surface area contributed by atoms with Crippen LogP contribution in [-0.4, -0.2) is 12.4 Å². The van der Waals surface area contributed by atoms with E-state index in [1.54, 1.807) is 6.20 Å². The Morgan fingerprint density at radius 1 is 1.80 bits per heavy atom. The van der Waals surface area contributed by atoms with E-state index in [9.17, 15) is 0 Å². The molecule has 4 nitrogen and oxygen atoms in total. The Hall–Kier alpha value is -1.50. The molecule has 4 heteroatoms. The molecule has 0 aliphatic rings. The molecule has 0 aliphatic carbocycles. The van der Waals surface area contributed by atoms with Crippen LogP contribution in [0.15, 0.2) is 12.3 Å². The van der Waals surface area contributed by atoms with Gasteiger partial charge >= 0.3 is 0 Å². The first-order valence-corrected chi connectivity index (χ1v) is 2.92. The highest BCUT2D eigenvalue weighted by molar-refractivity contribution is 5.85. The maximum absolute atomic E-state index is 8.11. The zero-order chi connectivity index (χ0) is 7.82. The van der Waals surface area contributed by atoms with Gasteiger partial charge in [-0.05, 0) is 0 Å². The van der Waals surface area contributed by atoms with Gasteiger partial charge in [0.25, 0.3) is 5.84 Å². The molecular formula is C6H11N4+. The molecule has 0 rings (SSSR count). The standard InChI is InChI=1S/C6H10N4/c7-3-1-4-10-5-2-6(8)9/h2,5,10H,1,4H2,(H3,8,9)/p+1/b5-2-. The maximum atomic E-state index is 8.11. The number of nitrogens with one attached hydrogen (secondary N) is 1. The second kappa shape index (κ2) is 5.63. The summed E-state index contributed by atoms with van der Waals surface area (Å²) in [7, 11) is 0. The van der Waals surface area contributed by atoms with E-state index >= 15 is 0 Å². The molecule has 0 fully saturated rings. The van der Waals surface area contributed by atoms with Gasteiger partial charge in [0.15, 0.2) is 0 Å². The second-order valence-electron chi connectivity index (χ2n) is 1.70. The average Bonchev–Trinajstić information content (AvgIpc) is 1.87. The molecule has 54 valence electrons. The third-order valence-electron chi connectivity index (χ3n) is 0.775. The van der Waals surface area contributed by atoms with Gasteiger partial charge in [-0.2, -0.15) is 5.26 Å². The van der Waals surface area contributed by atoms with Crippen LogP contribution in [0, 0.1) is 11.3 Å². The highest BCUT2D eigenvalue weighted by Crippen LogP contribution is 1.69. The normalized spacial score (nSPS) is 9.10. The summed E-state index contributed by atoms with van der Waals surface area (Å²) in [6.07, 6.45) is 3.64. The van der Waals surface area contributed by atoms with E-state index in [-0.39, 0.29) is 5.84 Å². The van der Waals surface area contributed by atoms with Crippen molar-refractivity contribution >= 4 is 5.84 Å². The molecule has 0 atom stereocenters. The summed E-state index contributed by atoms with van der Waals surface area (Å²) in [5, 5.41) is 16.0. The van der Waals surface area contributed by atoms with E-state index in [0.29, 0.717) is 13.0 Å². The topological polar surface area (TPSA) is 87.4 Å². The summed E-state index contributed by atoms with van der Waals surface area (Å²) >= 11 is 0. The van der Waals surface area contributed by atoms with Crippen LogP contribution in [0.1, 0.15) is 6.42 Å². The van der Waals surface area contributed by atoms with Crippen molar-refractivity contribution in [2.24, 2.45) is 5.73 Å². The Bertz CT molecular complexity index is 165. The van der Waals surface area contributed by atoms with E-state index in [1.807, 2.05) is 6.07 Å². The highest BCUT2D eigenvalue weighted by atomic mass is 14.8. The lowest BCUT2D eigenvalue weighted by Gasteiger charge is -1.90. The third-order valence-corrected chi connectivity index (χ3v) is 0.775. The number of amidine groups is 1. The molecule has 0 bridgehead atoms. The number of nitrogens with two attached hydrogens (primary N) is 2. The average molecular weight is 139 g/mol. The number of nitriles is 1. The third kappa shape index (κ3) is 6.50. The first-order valence-electron chi connectivity index (χ1n) is 2.92. The van der Waals surface area contributed by atoms with Crippen molar-refractivity contribution in [1.29, 1.82) is 5.26 Å². The molecule has 0 unspecified atom stereocenters. The molecule has 5 N–H and O–H groups in total. The predicted octanol–water partition coefficient (Wildman–Crippen LogP) is -1.88. The molecule has 0 amide bonds. The predicted molar refractivity (Wildman–Crippen MR) is 38.5 cm³/mol. The molecular weight excluding hydrogens is 128 g/mol. The second-order valence-corrected chi connectivity index (χ2v) is 1.70. The van der Waals surface area contributed by atoms with Crippen LogP contribution in [0.3, 0.4) is 0 Å². The Kier molecular flexibility index (Phi) is 4.79. The fourth-order valence-corrected chi connectivity index (χ4v) is 0.367.